The van der Waals surface area contributed by atoms with E-state index in [0.29, 0.717) is 0 Å². The fourth-order valence-corrected chi connectivity index (χ4v) is 7.03. The van der Waals surface area contributed by atoms with Crippen LogP contribution in [0.1, 0.15) is 50.7 Å². The average Bonchev–Trinajstić information content (AvgIpc) is 3.78. The van der Waals surface area contributed by atoms with Crippen molar-refractivity contribution in [3.63, 3.8) is 0 Å². The van der Waals surface area contributed by atoms with Crippen molar-refractivity contribution < 1.29 is 23.3 Å². The molecule has 0 nitrogen and oxygen atoms in total. The number of hydrogen-bond acceptors (Lipinski definition) is 0. The Labute approximate surface area is 341 Å². The van der Waals surface area contributed by atoms with Gasteiger partial charge in [-0.3, -0.25) is 0 Å². The molecule has 0 spiro atoms. The van der Waals surface area contributed by atoms with E-state index >= 15 is 0 Å². The SMILES string of the molecule is CCCCc1cc2c(-c3cccc4ccccc34)cccc2[cH-]1.CCCCc1cc2c(-c3cccc4ccccc34)cccc2[cH-]1.Cl.Cl.[CH3-].[CH3-].[Si]=[Zr]. The van der Waals surface area contributed by atoms with E-state index in [2.05, 4.69) is 166 Å². The second kappa shape index (κ2) is 22.1. The van der Waals surface area contributed by atoms with Crippen LogP contribution in [-0.4, -0.2) is 6.88 Å². The molecule has 2 radical (unpaired) electrons. The summed E-state index contributed by atoms with van der Waals surface area (Å²) in [5.41, 5.74) is 8.30. The molecule has 0 saturated carbocycles. The number of unbranched alkanes of at least 4 members (excludes halogenated alkanes) is 2. The second-order valence-electron chi connectivity index (χ2n) is 12.6. The molecule has 0 aromatic heterocycles. The molecule has 0 atom stereocenters. The summed E-state index contributed by atoms with van der Waals surface area (Å²) in [6, 6.07) is 53.4. The quantitative estimate of drug-likeness (QED) is 0.106. The summed E-state index contributed by atoms with van der Waals surface area (Å²) in [7, 11) is 0. The first-order chi connectivity index (χ1) is 23.7. The number of rotatable bonds is 8. The molecule has 4 heteroatoms. The van der Waals surface area contributed by atoms with Crippen molar-refractivity contribution in [2.45, 2.75) is 52.4 Å². The fourth-order valence-electron chi connectivity index (χ4n) is 7.03. The van der Waals surface area contributed by atoms with Crippen LogP contribution in [0.25, 0.3) is 65.3 Å². The van der Waals surface area contributed by atoms with Crippen LogP contribution in [0.4, 0.5) is 0 Å². The van der Waals surface area contributed by atoms with Crippen molar-refractivity contribution in [2.24, 2.45) is 0 Å². The van der Waals surface area contributed by atoms with Crippen molar-refractivity contribution >= 4 is 74.8 Å². The molecule has 0 saturated heterocycles. The summed E-state index contributed by atoms with van der Waals surface area (Å²) in [4.78, 5) is 0. The van der Waals surface area contributed by atoms with Crippen LogP contribution in [-0.2, 0) is 36.2 Å². The van der Waals surface area contributed by atoms with E-state index in [1.54, 1.807) is 0 Å². The molecule has 0 amide bonds. The zero-order valence-corrected chi connectivity index (χ0v) is 36.0. The van der Waals surface area contributed by atoms with Crippen LogP contribution in [0.5, 0.6) is 0 Å². The summed E-state index contributed by atoms with van der Waals surface area (Å²) in [5.74, 6) is 0. The van der Waals surface area contributed by atoms with Gasteiger partial charge in [-0.15, -0.1) is 93.9 Å². The van der Waals surface area contributed by atoms with E-state index in [4.69, 9.17) is 0 Å². The number of fused-ring (bicyclic) bond motifs is 4. The molecular formula is C48H50Cl2SiZr-4. The Morgan fingerprint density at radius 2 is 0.769 bits per heavy atom. The van der Waals surface area contributed by atoms with E-state index in [-0.39, 0.29) is 39.7 Å². The summed E-state index contributed by atoms with van der Waals surface area (Å²) in [6.07, 6.45) is 7.38. The van der Waals surface area contributed by atoms with Crippen LogP contribution in [0, 0.1) is 14.9 Å². The van der Waals surface area contributed by atoms with Gasteiger partial charge in [0.15, 0.2) is 0 Å². The normalized spacial score (nSPS) is 10.1. The van der Waals surface area contributed by atoms with E-state index in [1.807, 2.05) is 0 Å². The van der Waals surface area contributed by atoms with Gasteiger partial charge in [0.1, 0.15) is 0 Å². The van der Waals surface area contributed by atoms with Crippen molar-refractivity contribution in [2.75, 3.05) is 0 Å². The number of aryl methyl sites for hydroxylation is 2. The number of hydrogen-bond donors (Lipinski definition) is 0. The third-order valence-corrected chi connectivity index (χ3v) is 9.42. The van der Waals surface area contributed by atoms with Gasteiger partial charge in [0, 0.05) is 0 Å². The number of halogens is 2. The molecular weight excluding hydrogens is 767 g/mol. The van der Waals surface area contributed by atoms with Crippen molar-refractivity contribution in [1.82, 2.24) is 0 Å². The van der Waals surface area contributed by atoms with Gasteiger partial charge >= 0.3 is 30.2 Å². The Bertz CT molecular complexity index is 2110. The van der Waals surface area contributed by atoms with Crippen LogP contribution in [0.3, 0.4) is 0 Å². The molecule has 268 valence electrons. The van der Waals surface area contributed by atoms with Gasteiger partial charge in [0.2, 0.25) is 0 Å². The van der Waals surface area contributed by atoms with Crippen molar-refractivity contribution in [1.29, 1.82) is 0 Å². The van der Waals surface area contributed by atoms with Crippen molar-refractivity contribution in [3.8, 4) is 22.3 Å². The monoisotopic (exact) mass is 814 g/mol. The predicted molar refractivity (Wildman–Crippen MR) is 235 cm³/mol. The molecule has 0 aliphatic heterocycles. The van der Waals surface area contributed by atoms with Gasteiger partial charge in [-0.2, -0.15) is 12.1 Å². The molecule has 52 heavy (non-hydrogen) atoms. The maximum atomic E-state index is 3.06. The molecule has 0 N–H and O–H groups in total. The van der Waals surface area contributed by atoms with Crippen LogP contribution < -0.4 is 0 Å². The first-order valence-corrected chi connectivity index (χ1v) is 21.5. The Morgan fingerprint density at radius 3 is 1.15 bits per heavy atom. The van der Waals surface area contributed by atoms with Crippen LogP contribution in [0.15, 0.2) is 146 Å². The van der Waals surface area contributed by atoms with Crippen LogP contribution >= 0.6 is 24.8 Å². The second-order valence-corrected chi connectivity index (χ2v) is 12.6. The summed E-state index contributed by atoms with van der Waals surface area (Å²) >= 11 is 1.36. The van der Waals surface area contributed by atoms with Gasteiger partial charge in [0.05, 0.1) is 0 Å². The predicted octanol–water partition coefficient (Wildman–Crippen LogP) is 14.8. The average molecular weight is 817 g/mol. The zero-order valence-electron chi connectivity index (χ0n) is 30.9. The molecule has 8 rings (SSSR count). The minimum absolute atomic E-state index is 0. The van der Waals surface area contributed by atoms with E-state index < -0.39 is 0 Å². The third-order valence-electron chi connectivity index (χ3n) is 9.42. The van der Waals surface area contributed by atoms with Gasteiger partial charge < -0.3 is 14.9 Å². The van der Waals surface area contributed by atoms with Gasteiger partial charge in [-0.25, -0.2) is 0 Å². The Hall–Kier alpha value is -3.26. The van der Waals surface area contributed by atoms with E-state index in [9.17, 15) is 0 Å². The molecule has 0 fully saturated rings. The summed E-state index contributed by atoms with van der Waals surface area (Å²) in [5, 5.41) is 10.8. The molecule has 8 aromatic carbocycles. The maximum absolute atomic E-state index is 3.06. The van der Waals surface area contributed by atoms with E-state index in [0.717, 1.165) is 0 Å². The molecule has 0 aliphatic carbocycles. The van der Waals surface area contributed by atoms with Crippen LogP contribution in [0.2, 0.25) is 0 Å². The first kappa shape index (κ1) is 44.9. The Morgan fingerprint density at radius 1 is 0.442 bits per heavy atom. The minimum atomic E-state index is 0. The summed E-state index contributed by atoms with van der Waals surface area (Å²) in [6.45, 7) is 7.57. The molecule has 0 heterocycles. The zero-order chi connectivity index (χ0) is 33.3. The third kappa shape index (κ3) is 10.0. The fraction of sp³-hybridized carbons (Fsp3) is 0.167. The Balaban J connectivity index is 0.000000320. The Kier molecular flexibility index (Phi) is 19.1. The first-order valence-electron chi connectivity index (χ1n) is 17.3. The van der Waals surface area contributed by atoms with Gasteiger partial charge in [-0.1, -0.05) is 148 Å². The topological polar surface area (TPSA) is 0 Å². The van der Waals surface area contributed by atoms with Gasteiger partial charge in [0.25, 0.3) is 0 Å². The molecule has 0 aliphatic rings. The van der Waals surface area contributed by atoms with E-state index in [1.165, 1.54) is 138 Å². The molecule has 8 aromatic rings. The molecule has 0 bridgehead atoms. The number of benzene rings is 6. The summed E-state index contributed by atoms with van der Waals surface area (Å²) < 4.78 is 0. The van der Waals surface area contributed by atoms with Crippen molar-refractivity contribution in [3.05, 3.63) is 172 Å². The van der Waals surface area contributed by atoms with Gasteiger partial charge in [-0.05, 0) is 45.5 Å². The standard InChI is InChI=1S/2C23H21.2CH3.2ClH.Si.Zr/c2*1-2-3-8-17-15-19-11-7-14-22(23(19)16-17)21-13-6-10-18-9-4-5-12-20(18)21;;;;;;/h2*4-7,9-16H,2-3,8H2,1H3;2*1H3;2*1H;;/q4*-1;;;;. The molecule has 0 unspecified atom stereocenters.